The average molecular weight is 447 g/mol. The van der Waals surface area contributed by atoms with Crippen LogP contribution in [0.25, 0.3) is 0 Å². The summed E-state index contributed by atoms with van der Waals surface area (Å²) in [7, 11) is 0. The van der Waals surface area contributed by atoms with Gasteiger partial charge in [-0.3, -0.25) is 4.79 Å². The number of hydrogen-bond acceptors (Lipinski definition) is 3. The minimum absolute atomic E-state index is 0.0401. The molecule has 0 saturated heterocycles. The summed E-state index contributed by atoms with van der Waals surface area (Å²) in [5.74, 6) is 1.32. The van der Waals surface area contributed by atoms with Crippen molar-refractivity contribution in [3.05, 3.63) is 24.3 Å². The smallest absolute Gasteiger partial charge is 0.239 e. The molecular formula is C28H50N2O2. The fraction of sp³-hybridized carbons (Fsp3) is 0.750. The molecule has 1 rings (SSSR count). The van der Waals surface area contributed by atoms with E-state index in [0.717, 1.165) is 24.4 Å². The zero-order chi connectivity index (χ0) is 23.3. The summed E-state index contributed by atoms with van der Waals surface area (Å²) in [4.78, 5) is 12.1. The molecule has 0 aliphatic rings. The molecule has 0 spiro atoms. The van der Waals surface area contributed by atoms with Crippen LogP contribution < -0.4 is 15.4 Å². The van der Waals surface area contributed by atoms with Crippen molar-refractivity contribution < 1.29 is 9.53 Å². The van der Waals surface area contributed by atoms with E-state index < -0.39 is 0 Å². The highest BCUT2D eigenvalue weighted by atomic mass is 16.5. The van der Waals surface area contributed by atoms with Crippen LogP contribution in [0.1, 0.15) is 111 Å². The van der Waals surface area contributed by atoms with Gasteiger partial charge in [0.2, 0.25) is 5.91 Å². The van der Waals surface area contributed by atoms with E-state index in [1.807, 2.05) is 24.3 Å². The van der Waals surface area contributed by atoms with E-state index in [4.69, 9.17) is 4.74 Å². The van der Waals surface area contributed by atoms with Crippen molar-refractivity contribution in [2.45, 2.75) is 111 Å². The van der Waals surface area contributed by atoms with E-state index in [0.29, 0.717) is 12.5 Å². The molecule has 0 unspecified atom stereocenters. The molecule has 0 saturated carbocycles. The highest BCUT2D eigenvalue weighted by Gasteiger charge is 2.06. The monoisotopic (exact) mass is 446 g/mol. The Bertz CT molecular complexity index is 574. The molecule has 0 fully saturated rings. The van der Waals surface area contributed by atoms with Crippen LogP contribution in [-0.4, -0.2) is 25.6 Å². The zero-order valence-corrected chi connectivity index (χ0v) is 21.2. The van der Waals surface area contributed by atoms with Crippen molar-refractivity contribution in [1.29, 1.82) is 0 Å². The summed E-state index contributed by atoms with van der Waals surface area (Å²) in [5.41, 5.74) is 0.875. The second-order valence-corrected chi connectivity index (χ2v) is 9.50. The van der Waals surface area contributed by atoms with Crippen molar-refractivity contribution >= 4 is 11.6 Å². The van der Waals surface area contributed by atoms with Gasteiger partial charge in [0, 0.05) is 6.54 Å². The Balaban J connectivity index is 1.94. The summed E-state index contributed by atoms with van der Waals surface area (Å²) >= 11 is 0. The molecule has 0 radical (unpaired) electrons. The third kappa shape index (κ3) is 16.0. The summed E-state index contributed by atoms with van der Waals surface area (Å²) in [5, 5.41) is 6.23. The Hall–Kier alpha value is -1.71. The van der Waals surface area contributed by atoms with Crippen molar-refractivity contribution in [2.75, 3.05) is 25.0 Å². The van der Waals surface area contributed by atoms with E-state index >= 15 is 0 Å². The third-order valence-corrected chi connectivity index (χ3v) is 5.75. The third-order valence-electron chi connectivity index (χ3n) is 5.75. The van der Waals surface area contributed by atoms with Gasteiger partial charge < -0.3 is 15.4 Å². The summed E-state index contributed by atoms with van der Waals surface area (Å²) in [6, 6.07) is 7.81. The van der Waals surface area contributed by atoms with Gasteiger partial charge in [0.15, 0.2) is 0 Å². The van der Waals surface area contributed by atoms with Gasteiger partial charge in [0.1, 0.15) is 5.75 Å². The molecule has 1 aromatic carbocycles. The molecule has 0 atom stereocenters. The van der Waals surface area contributed by atoms with Crippen molar-refractivity contribution in [1.82, 2.24) is 5.32 Å². The summed E-state index contributed by atoms with van der Waals surface area (Å²) < 4.78 is 5.83. The fourth-order valence-electron chi connectivity index (χ4n) is 3.78. The lowest BCUT2D eigenvalue weighted by atomic mass is 10.0. The number of benzene rings is 1. The molecule has 1 amide bonds. The molecule has 0 bridgehead atoms. The Labute approximate surface area is 198 Å². The van der Waals surface area contributed by atoms with Crippen LogP contribution in [0.15, 0.2) is 24.3 Å². The van der Waals surface area contributed by atoms with Crippen molar-refractivity contribution in [3.8, 4) is 5.75 Å². The SMILES string of the molecule is CCCCCCCCCCCCCCCCNC(=O)CNc1ccccc1OCC(C)C. The zero-order valence-electron chi connectivity index (χ0n) is 21.2. The maximum absolute atomic E-state index is 12.1. The molecule has 184 valence electrons. The van der Waals surface area contributed by atoms with Gasteiger partial charge in [-0.2, -0.15) is 0 Å². The second kappa shape index (κ2) is 19.9. The molecule has 2 N–H and O–H groups in total. The molecule has 32 heavy (non-hydrogen) atoms. The molecule has 0 aliphatic heterocycles. The van der Waals surface area contributed by atoms with Gasteiger partial charge >= 0.3 is 0 Å². The van der Waals surface area contributed by atoms with Crippen LogP contribution in [0.2, 0.25) is 0 Å². The number of ether oxygens (including phenoxy) is 1. The lowest BCUT2D eigenvalue weighted by molar-refractivity contribution is -0.119. The Morgan fingerprint density at radius 3 is 1.91 bits per heavy atom. The van der Waals surface area contributed by atoms with Gasteiger partial charge in [0.25, 0.3) is 0 Å². The maximum atomic E-state index is 12.1. The number of amides is 1. The number of carbonyl (C=O) groups excluding carboxylic acids is 1. The number of nitrogens with one attached hydrogen (secondary N) is 2. The molecule has 4 nitrogen and oxygen atoms in total. The van der Waals surface area contributed by atoms with Crippen LogP contribution in [-0.2, 0) is 4.79 Å². The first-order valence-electron chi connectivity index (χ1n) is 13.4. The standard InChI is InChI=1S/C28H50N2O2/c1-4-5-6-7-8-9-10-11-12-13-14-15-16-19-22-29-28(31)23-30-26-20-17-18-21-27(26)32-24-25(2)3/h17-18,20-21,25,30H,4-16,19,22-24H2,1-3H3,(H,29,31). The van der Waals surface area contributed by atoms with Crippen LogP contribution in [0.4, 0.5) is 5.69 Å². The van der Waals surface area contributed by atoms with Gasteiger partial charge in [-0.1, -0.05) is 116 Å². The predicted octanol–water partition coefficient (Wildman–Crippen LogP) is 7.73. The fourth-order valence-corrected chi connectivity index (χ4v) is 3.78. The van der Waals surface area contributed by atoms with E-state index in [9.17, 15) is 4.79 Å². The van der Waals surface area contributed by atoms with Gasteiger partial charge in [-0.15, -0.1) is 0 Å². The van der Waals surface area contributed by atoms with Crippen LogP contribution in [0, 0.1) is 5.92 Å². The minimum Gasteiger partial charge on any atom is -0.491 e. The summed E-state index contributed by atoms with van der Waals surface area (Å²) in [6.45, 7) is 8.25. The minimum atomic E-state index is 0.0401. The number of unbranched alkanes of at least 4 members (excludes halogenated alkanes) is 13. The Morgan fingerprint density at radius 1 is 0.812 bits per heavy atom. The largest absolute Gasteiger partial charge is 0.491 e. The molecule has 0 aromatic heterocycles. The van der Waals surface area contributed by atoms with Gasteiger partial charge in [0.05, 0.1) is 18.8 Å². The van der Waals surface area contributed by atoms with Crippen molar-refractivity contribution in [3.63, 3.8) is 0 Å². The Morgan fingerprint density at radius 2 is 1.34 bits per heavy atom. The number of carbonyl (C=O) groups is 1. The molecule has 0 heterocycles. The first kappa shape index (κ1) is 28.3. The number of rotatable bonds is 21. The van der Waals surface area contributed by atoms with Crippen LogP contribution in [0.3, 0.4) is 0 Å². The average Bonchev–Trinajstić information content (AvgIpc) is 2.79. The number of hydrogen-bond donors (Lipinski definition) is 2. The van der Waals surface area contributed by atoms with E-state index in [1.54, 1.807) is 0 Å². The first-order chi connectivity index (χ1) is 15.6. The van der Waals surface area contributed by atoms with Gasteiger partial charge in [-0.05, 0) is 24.5 Å². The number of anilines is 1. The molecular weight excluding hydrogens is 396 g/mol. The second-order valence-electron chi connectivity index (χ2n) is 9.50. The Kier molecular flexibility index (Phi) is 17.6. The predicted molar refractivity (Wildman–Crippen MR) is 139 cm³/mol. The number of para-hydroxylation sites is 2. The van der Waals surface area contributed by atoms with Gasteiger partial charge in [-0.25, -0.2) is 0 Å². The van der Waals surface area contributed by atoms with Crippen LogP contribution in [0.5, 0.6) is 5.75 Å². The summed E-state index contributed by atoms with van der Waals surface area (Å²) in [6.07, 6.45) is 18.9. The highest BCUT2D eigenvalue weighted by molar-refractivity contribution is 5.81. The van der Waals surface area contributed by atoms with Crippen molar-refractivity contribution in [2.24, 2.45) is 5.92 Å². The normalized spacial score (nSPS) is 11.0. The molecule has 4 heteroatoms. The molecule has 1 aromatic rings. The van der Waals surface area contributed by atoms with E-state index in [-0.39, 0.29) is 12.5 Å². The van der Waals surface area contributed by atoms with E-state index in [1.165, 1.54) is 83.5 Å². The van der Waals surface area contributed by atoms with E-state index in [2.05, 4.69) is 31.4 Å². The highest BCUT2D eigenvalue weighted by Crippen LogP contribution is 2.24. The maximum Gasteiger partial charge on any atom is 0.239 e. The molecule has 0 aliphatic carbocycles. The topological polar surface area (TPSA) is 50.4 Å². The van der Waals surface area contributed by atoms with Crippen LogP contribution >= 0.6 is 0 Å². The quantitative estimate of drug-likeness (QED) is 0.190. The lowest BCUT2D eigenvalue weighted by Crippen LogP contribution is -2.30. The lowest BCUT2D eigenvalue weighted by Gasteiger charge is -2.14. The first-order valence-corrected chi connectivity index (χ1v) is 13.4.